The lowest BCUT2D eigenvalue weighted by molar-refractivity contribution is -0.142. The van der Waals surface area contributed by atoms with Crippen LogP contribution in [0.4, 0.5) is 5.69 Å². The summed E-state index contributed by atoms with van der Waals surface area (Å²) in [6.45, 7) is 1.99. The first-order chi connectivity index (χ1) is 13.0. The average molecular weight is 391 g/mol. The molecule has 0 radical (unpaired) electrons. The number of benzene rings is 1. The van der Waals surface area contributed by atoms with E-state index in [1.165, 1.54) is 0 Å². The number of amides is 2. The highest BCUT2D eigenvalue weighted by Crippen LogP contribution is 2.43. The molecule has 1 spiro atoms. The summed E-state index contributed by atoms with van der Waals surface area (Å²) >= 11 is 6.09. The Morgan fingerprint density at radius 3 is 2.59 bits per heavy atom. The van der Waals surface area contributed by atoms with Gasteiger partial charge in [-0.25, -0.2) is 0 Å². The Labute approximate surface area is 165 Å². The fourth-order valence-electron chi connectivity index (χ4n) is 4.98. The minimum atomic E-state index is -0.342. The van der Waals surface area contributed by atoms with Crippen molar-refractivity contribution in [3.8, 4) is 0 Å². The van der Waals surface area contributed by atoms with Crippen LogP contribution in [0.1, 0.15) is 44.9 Å². The second kappa shape index (κ2) is 7.44. The highest BCUT2D eigenvalue weighted by atomic mass is 35.5. The van der Waals surface area contributed by atoms with Gasteiger partial charge in [0.2, 0.25) is 11.8 Å². The van der Waals surface area contributed by atoms with Crippen LogP contribution < -0.4 is 4.90 Å². The summed E-state index contributed by atoms with van der Waals surface area (Å²) in [6, 6.07) is 7.45. The SMILES string of the molecule is O=C(C1CCCC(O)C1)N1CCC2(CC1)CCN(c1cccc(Cl)c1)C2=O. The summed E-state index contributed by atoms with van der Waals surface area (Å²) in [5.74, 6) is 0.288. The van der Waals surface area contributed by atoms with E-state index in [-0.39, 0.29) is 29.3 Å². The van der Waals surface area contributed by atoms with Gasteiger partial charge < -0.3 is 14.9 Å². The van der Waals surface area contributed by atoms with Gasteiger partial charge in [0.25, 0.3) is 0 Å². The van der Waals surface area contributed by atoms with Crippen molar-refractivity contribution in [2.45, 2.75) is 51.0 Å². The zero-order valence-electron chi connectivity index (χ0n) is 15.6. The molecule has 0 bridgehead atoms. The lowest BCUT2D eigenvalue weighted by atomic mass is 9.76. The molecule has 1 aromatic rings. The molecule has 2 unspecified atom stereocenters. The summed E-state index contributed by atoms with van der Waals surface area (Å²) in [7, 11) is 0. The molecule has 2 aliphatic heterocycles. The Morgan fingerprint density at radius 1 is 1.15 bits per heavy atom. The van der Waals surface area contributed by atoms with Crippen molar-refractivity contribution in [1.29, 1.82) is 0 Å². The van der Waals surface area contributed by atoms with Gasteiger partial charge in [0.15, 0.2) is 0 Å². The molecule has 27 heavy (non-hydrogen) atoms. The third-order valence-electron chi connectivity index (χ3n) is 6.66. The number of likely N-dealkylation sites (tertiary alicyclic amines) is 1. The van der Waals surface area contributed by atoms with Crippen LogP contribution in [0, 0.1) is 11.3 Å². The van der Waals surface area contributed by atoms with E-state index in [2.05, 4.69) is 0 Å². The number of rotatable bonds is 2. The van der Waals surface area contributed by atoms with Gasteiger partial charge in [-0.05, 0) is 56.7 Å². The van der Waals surface area contributed by atoms with Crippen molar-refractivity contribution in [3.63, 3.8) is 0 Å². The van der Waals surface area contributed by atoms with Gasteiger partial charge in [0.1, 0.15) is 0 Å². The summed E-state index contributed by atoms with van der Waals surface area (Å²) in [6.07, 6.45) is 5.13. The summed E-state index contributed by atoms with van der Waals surface area (Å²) in [4.78, 5) is 29.7. The molecule has 3 fully saturated rings. The Bertz CT molecular complexity index is 730. The maximum atomic E-state index is 13.2. The number of aliphatic hydroxyl groups is 1. The van der Waals surface area contributed by atoms with Gasteiger partial charge in [0, 0.05) is 36.3 Å². The third kappa shape index (κ3) is 3.59. The van der Waals surface area contributed by atoms with Gasteiger partial charge >= 0.3 is 0 Å². The molecule has 1 aromatic carbocycles. The highest BCUT2D eigenvalue weighted by molar-refractivity contribution is 6.31. The molecule has 146 valence electrons. The third-order valence-corrected chi connectivity index (χ3v) is 6.90. The van der Waals surface area contributed by atoms with E-state index in [4.69, 9.17) is 11.6 Å². The number of carbonyl (C=O) groups is 2. The molecule has 2 amide bonds. The van der Waals surface area contributed by atoms with E-state index in [1.54, 1.807) is 0 Å². The van der Waals surface area contributed by atoms with E-state index in [9.17, 15) is 14.7 Å². The first-order valence-corrected chi connectivity index (χ1v) is 10.4. The fourth-order valence-corrected chi connectivity index (χ4v) is 5.16. The summed E-state index contributed by atoms with van der Waals surface area (Å²) in [5.41, 5.74) is 0.518. The van der Waals surface area contributed by atoms with E-state index < -0.39 is 0 Å². The Morgan fingerprint density at radius 2 is 1.89 bits per heavy atom. The minimum absolute atomic E-state index is 0.0509. The van der Waals surface area contributed by atoms with Crippen molar-refractivity contribution in [1.82, 2.24) is 4.90 Å². The van der Waals surface area contributed by atoms with E-state index in [0.717, 1.165) is 44.2 Å². The largest absolute Gasteiger partial charge is 0.393 e. The van der Waals surface area contributed by atoms with Crippen LogP contribution in [0.3, 0.4) is 0 Å². The van der Waals surface area contributed by atoms with Crippen LogP contribution in [0.15, 0.2) is 24.3 Å². The van der Waals surface area contributed by atoms with Gasteiger partial charge in [-0.2, -0.15) is 0 Å². The lowest BCUT2D eigenvalue weighted by Gasteiger charge is -2.40. The number of carbonyl (C=O) groups excluding carboxylic acids is 2. The second-order valence-electron chi connectivity index (χ2n) is 8.31. The Balaban J connectivity index is 1.40. The number of hydrogen-bond donors (Lipinski definition) is 1. The quantitative estimate of drug-likeness (QED) is 0.843. The zero-order valence-corrected chi connectivity index (χ0v) is 16.3. The molecule has 1 aliphatic carbocycles. The molecule has 3 aliphatic rings. The van der Waals surface area contributed by atoms with E-state index in [0.29, 0.717) is 31.1 Å². The monoisotopic (exact) mass is 390 g/mol. The van der Waals surface area contributed by atoms with Crippen molar-refractivity contribution in [2.75, 3.05) is 24.5 Å². The van der Waals surface area contributed by atoms with E-state index in [1.807, 2.05) is 34.1 Å². The number of piperidine rings is 1. The number of hydrogen-bond acceptors (Lipinski definition) is 3. The first kappa shape index (κ1) is 18.8. The Hall–Kier alpha value is -1.59. The van der Waals surface area contributed by atoms with E-state index >= 15 is 0 Å². The highest BCUT2D eigenvalue weighted by Gasteiger charge is 2.49. The molecule has 6 heteroatoms. The molecule has 0 aromatic heterocycles. The second-order valence-corrected chi connectivity index (χ2v) is 8.75. The lowest BCUT2D eigenvalue weighted by Crippen LogP contribution is -2.48. The predicted octanol–water partition coefficient (Wildman–Crippen LogP) is 3.24. The maximum Gasteiger partial charge on any atom is 0.233 e. The number of halogens is 1. The smallest absolute Gasteiger partial charge is 0.233 e. The molecule has 2 saturated heterocycles. The van der Waals surface area contributed by atoms with Gasteiger partial charge in [0.05, 0.1) is 11.5 Å². The molecular weight excluding hydrogens is 364 g/mol. The van der Waals surface area contributed by atoms with Crippen LogP contribution in [0.5, 0.6) is 0 Å². The normalized spacial score (nSPS) is 28.0. The zero-order chi connectivity index (χ0) is 19.0. The molecule has 1 N–H and O–H groups in total. The first-order valence-electron chi connectivity index (χ1n) is 10.0. The van der Waals surface area contributed by atoms with Gasteiger partial charge in [-0.15, -0.1) is 0 Å². The van der Waals surface area contributed by atoms with Crippen LogP contribution in [0.2, 0.25) is 5.02 Å². The number of aliphatic hydroxyl groups excluding tert-OH is 1. The molecule has 5 nitrogen and oxygen atoms in total. The van der Waals surface area contributed by atoms with Gasteiger partial charge in [-0.1, -0.05) is 24.1 Å². The Kier molecular flexibility index (Phi) is 5.17. The van der Waals surface area contributed by atoms with Crippen molar-refractivity contribution in [2.24, 2.45) is 11.3 Å². The van der Waals surface area contributed by atoms with Crippen LogP contribution in [-0.4, -0.2) is 47.6 Å². The standard InChI is InChI=1S/C21H27ClN2O3/c22-16-4-2-5-17(14-16)24-12-9-21(20(24)27)7-10-23(11-8-21)19(26)15-3-1-6-18(25)13-15/h2,4-5,14-15,18,25H,1,3,6-13H2. The number of anilines is 1. The molecule has 2 heterocycles. The van der Waals surface area contributed by atoms with Crippen molar-refractivity contribution < 1.29 is 14.7 Å². The molecular formula is C21H27ClN2O3. The minimum Gasteiger partial charge on any atom is -0.393 e. The maximum absolute atomic E-state index is 13.2. The van der Waals surface area contributed by atoms with Gasteiger partial charge in [-0.3, -0.25) is 9.59 Å². The van der Waals surface area contributed by atoms with Crippen LogP contribution >= 0.6 is 11.6 Å². The summed E-state index contributed by atoms with van der Waals surface area (Å²) in [5, 5.41) is 10.5. The molecule has 1 saturated carbocycles. The molecule has 4 rings (SSSR count). The average Bonchev–Trinajstić information content (AvgIpc) is 2.98. The van der Waals surface area contributed by atoms with Crippen molar-refractivity contribution in [3.05, 3.63) is 29.3 Å². The molecule has 2 atom stereocenters. The fraction of sp³-hybridized carbons (Fsp3) is 0.619. The summed E-state index contributed by atoms with van der Waals surface area (Å²) < 4.78 is 0. The van der Waals surface area contributed by atoms with Crippen LogP contribution in [0.25, 0.3) is 0 Å². The topological polar surface area (TPSA) is 60.9 Å². The number of nitrogens with zero attached hydrogens (tertiary/aromatic N) is 2. The van der Waals surface area contributed by atoms with Crippen molar-refractivity contribution >= 4 is 29.1 Å². The predicted molar refractivity (Wildman–Crippen MR) is 105 cm³/mol. The van der Waals surface area contributed by atoms with Crippen LogP contribution in [-0.2, 0) is 9.59 Å².